The molecule has 6 heteroatoms. The molecule has 1 saturated carbocycles. The van der Waals surface area contributed by atoms with Crippen LogP contribution in [-0.2, 0) is 9.47 Å². The fourth-order valence-electron chi connectivity index (χ4n) is 1.77. The van der Waals surface area contributed by atoms with E-state index in [-0.39, 0.29) is 25.3 Å². The number of ether oxygens (including phenoxy) is 2. The standard InChI is InChI=1S/C9H16F3NO2/c1-14-8-3-2-7(6-8)13-4-5-15-9(10,11)12/h7-8,13H,2-6H2,1H3. The molecule has 0 aromatic heterocycles. The number of hydrogen-bond donors (Lipinski definition) is 1. The van der Waals surface area contributed by atoms with Crippen LogP contribution in [0.15, 0.2) is 0 Å². The number of rotatable bonds is 5. The minimum atomic E-state index is -4.52. The number of nitrogens with one attached hydrogen (secondary N) is 1. The maximum absolute atomic E-state index is 11.6. The molecular formula is C9H16F3NO2. The van der Waals surface area contributed by atoms with E-state index in [0.29, 0.717) is 0 Å². The van der Waals surface area contributed by atoms with Gasteiger partial charge in [-0.05, 0) is 19.3 Å². The maximum Gasteiger partial charge on any atom is 0.522 e. The molecule has 2 atom stereocenters. The Bertz CT molecular complexity index is 187. The molecule has 0 radical (unpaired) electrons. The second kappa shape index (κ2) is 5.67. The molecule has 3 nitrogen and oxygen atoms in total. The molecule has 0 amide bonds. The minimum absolute atomic E-state index is 0.223. The molecule has 1 aliphatic carbocycles. The third kappa shape index (κ3) is 5.34. The van der Waals surface area contributed by atoms with Gasteiger partial charge in [0.25, 0.3) is 0 Å². The summed E-state index contributed by atoms with van der Waals surface area (Å²) in [6.07, 6.45) is -1.50. The van der Waals surface area contributed by atoms with Gasteiger partial charge in [0.15, 0.2) is 0 Å². The lowest BCUT2D eigenvalue weighted by Crippen LogP contribution is -2.32. The van der Waals surface area contributed by atoms with E-state index in [1.165, 1.54) is 0 Å². The van der Waals surface area contributed by atoms with Crippen molar-refractivity contribution >= 4 is 0 Å². The topological polar surface area (TPSA) is 30.5 Å². The van der Waals surface area contributed by atoms with Crippen LogP contribution in [0, 0.1) is 0 Å². The van der Waals surface area contributed by atoms with E-state index in [1.807, 2.05) is 0 Å². The Kier molecular flexibility index (Phi) is 4.82. The van der Waals surface area contributed by atoms with E-state index in [2.05, 4.69) is 10.1 Å². The van der Waals surface area contributed by atoms with Crippen LogP contribution in [0.2, 0.25) is 0 Å². The summed E-state index contributed by atoms with van der Waals surface area (Å²) >= 11 is 0. The lowest BCUT2D eigenvalue weighted by Gasteiger charge is -2.13. The second-order valence-corrected chi connectivity index (χ2v) is 3.62. The van der Waals surface area contributed by atoms with Gasteiger partial charge in [0.2, 0.25) is 0 Å². The van der Waals surface area contributed by atoms with E-state index in [9.17, 15) is 13.2 Å². The summed E-state index contributed by atoms with van der Waals surface area (Å²) in [4.78, 5) is 0. The van der Waals surface area contributed by atoms with Gasteiger partial charge in [0, 0.05) is 19.7 Å². The molecule has 1 fully saturated rings. The number of alkyl halides is 3. The van der Waals surface area contributed by atoms with E-state index in [0.717, 1.165) is 19.3 Å². The van der Waals surface area contributed by atoms with Crippen LogP contribution >= 0.6 is 0 Å². The van der Waals surface area contributed by atoms with Crippen LogP contribution in [0.5, 0.6) is 0 Å². The van der Waals surface area contributed by atoms with Gasteiger partial charge < -0.3 is 10.1 Å². The zero-order chi connectivity index (χ0) is 11.3. The van der Waals surface area contributed by atoms with Crippen molar-refractivity contribution in [2.75, 3.05) is 20.3 Å². The van der Waals surface area contributed by atoms with Crippen LogP contribution in [0.1, 0.15) is 19.3 Å². The summed E-state index contributed by atoms with van der Waals surface area (Å²) in [5, 5.41) is 3.01. The minimum Gasteiger partial charge on any atom is -0.381 e. The molecule has 0 spiro atoms. The van der Waals surface area contributed by atoms with E-state index >= 15 is 0 Å². The Labute approximate surface area is 86.9 Å². The van der Waals surface area contributed by atoms with Crippen LogP contribution in [0.25, 0.3) is 0 Å². The zero-order valence-electron chi connectivity index (χ0n) is 8.64. The fraction of sp³-hybridized carbons (Fsp3) is 1.00. The normalized spacial score (nSPS) is 27.2. The highest BCUT2D eigenvalue weighted by Gasteiger charge is 2.29. The molecule has 2 unspecified atom stereocenters. The molecule has 0 aliphatic heterocycles. The highest BCUT2D eigenvalue weighted by atomic mass is 19.4. The lowest BCUT2D eigenvalue weighted by molar-refractivity contribution is -0.323. The molecule has 0 aromatic rings. The van der Waals surface area contributed by atoms with E-state index < -0.39 is 6.36 Å². The molecule has 1 N–H and O–H groups in total. The first-order chi connectivity index (χ1) is 7.01. The maximum atomic E-state index is 11.6. The molecule has 90 valence electrons. The first-order valence-corrected chi connectivity index (χ1v) is 4.98. The van der Waals surface area contributed by atoms with Crippen LogP contribution in [0.3, 0.4) is 0 Å². The summed E-state index contributed by atoms with van der Waals surface area (Å²) in [7, 11) is 1.65. The smallest absolute Gasteiger partial charge is 0.381 e. The zero-order valence-corrected chi connectivity index (χ0v) is 8.64. The molecule has 0 saturated heterocycles. The monoisotopic (exact) mass is 227 g/mol. The van der Waals surface area contributed by atoms with Gasteiger partial charge in [-0.1, -0.05) is 0 Å². The number of methoxy groups -OCH3 is 1. The Hall–Kier alpha value is -0.330. The van der Waals surface area contributed by atoms with Crippen LogP contribution in [0.4, 0.5) is 13.2 Å². The summed E-state index contributed by atoms with van der Waals surface area (Å²) < 4.78 is 43.6. The van der Waals surface area contributed by atoms with Crippen molar-refractivity contribution in [2.24, 2.45) is 0 Å². The third-order valence-corrected chi connectivity index (χ3v) is 2.52. The number of halogens is 3. The van der Waals surface area contributed by atoms with E-state index in [4.69, 9.17) is 4.74 Å². The fourth-order valence-corrected chi connectivity index (χ4v) is 1.77. The highest BCUT2D eigenvalue weighted by molar-refractivity contribution is 4.80. The summed E-state index contributed by atoms with van der Waals surface area (Å²) in [6.45, 7) is -0.113. The van der Waals surface area contributed by atoms with Gasteiger partial charge in [-0.3, -0.25) is 4.74 Å². The summed E-state index contributed by atoms with van der Waals surface area (Å²) in [6, 6.07) is 0.256. The largest absolute Gasteiger partial charge is 0.522 e. The quantitative estimate of drug-likeness (QED) is 0.725. The van der Waals surface area contributed by atoms with Crippen molar-refractivity contribution in [2.45, 2.75) is 37.8 Å². The molecule has 0 heterocycles. The lowest BCUT2D eigenvalue weighted by atomic mass is 10.2. The van der Waals surface area contributed by atoms with Crippen molar-refractivity contribution in [1.82, 2.24) is 5.32 Å². The predicted octanol–water partition coefficient (Wildman–Crippen LogP) is 1.68. The molecule has 1 rings (SSSR count). The van der Waals surface area contributed by atoms with Gasteiger partial charge in [-0.2, -0.15) is 0 Å². The van der Waals surface area contributed by atoms with Gasteiger partial charge in [0.05, 0.1) is 12.7 Å². The van der Waals surface area contributed by atoms with E-state index in [1.54, 1.807) is 7.11 Å². The second-order valence-electron chi connectivity index (χ2n) is 3.62. The third-order valence-electron chi connectivity index (χ3n) is 2.52. The first kappa shape index (κ1) is 12.7. The Morgan fingerprint density at radius 2 is 2.07 bits per heavy atom. The average molecular weight is 227 g/mol. The van der Waals surface area contributed by atoms with Crippen LogP contribution in [-0.4, -0.2) is 38.8 Å². The van der Waals surface area contributed by atoms with Gasteiger partial charge in [0.1, 0.15) is 0 Å². The van der Waals surface area contributed by atoms with Crippen molar-refractivity contribution in [3.05, 3.63) is 0 Å². The van der Waals surface area contributed by atoms with Gasteiger partial charge in [-0.15, -0.1) is 13.2 Å². The molecule has 0 bridgehead atoms. The average Bonchev–Trinajstić information content (AvgIpc) is 2.59. The predicted molar refractivity (Wildman–Crippen MR) is 48.4 cm³/mol. The summed E-state index contributed by atoms with van der Waals surface area (Å²) in [5.74, 6) is 0. The van der Waals surface area contributed by atoms with Crippen molar-refractivity contribution in [3.8, 4) is 0 Å². The van der Waals surface area contributed by atoms with Crippen molar-refractivity contribution in [1.29, 1.82) is 0 Å². The Morgan fingerprint density at radius 3 is 2.60 bits per heavy atom. The molecular weight excluding hydrogens is 211 g/mol. The Balaban J connectivity index is 2.02. The molecule has 15 heavy (non-hydrogen) atoms. The van der Waals surface area contributed by atoms with Gasteiger partial charge >= 0.3 is 6.36 Å². The van der Waals surface area contributed by atoms with Crippen molar-refractivity contribution < 1.29 is 22.6 Å². The number of hydrogen-bond acceptors (Lipinski definition) is 3. The van der Waals surface area contributed by atoms with Gasteiger partial charge in [-0.25, -0.2) is 0 Å². The SMILES string of the molecule is COC1CCC(NCCOC(F)(F)F)C1. The summed E-state index contributed by atoms with van der Waals surface area (Å²) in [5.41, 5.74) is 0. The van der Waals surface area contributed by atoms with Crippen molar-refractivity contribution in [3.63, 3.8) is 0 Å². The molecule has 1 aliphatic rings. The molecule has 0 aromatic carbocycles. The highest BCUT2D eigenvalue weighted by Crippen LogP contribution is 2.21. The Morgan fingerprint density at radius 1 is 1.33 bits per heavy atom. The first-order valence-electron chi connectivity index (χ1n) is 4.98. The van der Waals surface area contributed by atoms with Crippen LogP contribution < -0.4 is 5.32 Å².